The highest BCUT2D eigenvalue weighted by atomic mass is 16.4. The molecule has 4 heterocycles. The Morgan fingerprint density at radius 3 is 1.47 bits per heavy atom. The van der Waals surface area contributed by atoms with Crippen molar-refractivity contribution in [3.8, 4) is 11.5 Å². The molecule has 0 unspecified atom stereocenters. The van der Waals surface area contributed by atoms with E-state index >= 15 is 0 Å². The molecular formula is C51H62N6O9. The summed E-state index contributed by atoms with van der Waals surface area (Å²) in [6.45, 7) is 23.8. The Labute approximate surface area is 383 Å². The van der Waals surface area contributed by atoms with Crippen LogP contribution in [0.5, 0.6) is 11.5 Å². The SMILES string of the molecule is CC(C)(C)c1cc(CCC(=O)NN=C(N)c2c(C(=O)O)c3ccc2c(=O)[nH]c(=O)c2ccc3cc2C(=O)NNC(=O)CCc2cc(C(C)(C)C)c(O)c(C(C)(C)C)c2)cc(C(C)(C)C)c1O. The van der Waals surface area contributed by atoms with E-state index < -0.39 is 46.2 Å². The standard InChI is InChI=1S/C51H62N6O9/c1-48(2,3)33-21-26(22-34(41(33)60)49(4,5)6)13-19-37(58)54-56-43(52)39-31-18-17-29(40(39)47(65)66)28-15-16-30(44(62)53-45(31)63)32(25-28)46(64)57-55-38(59)20-14-27-23-35(50(7,8)9)42(61)36(24-27)51(10,11)12/h15-18,21-25,60-61H,13-14,19-20H2,1-12H3,(H2,52,56)(H,54,58)(H,55,59)(H,57,64)(H,65,66)(H,53,62,63). The summed E-state index contributed by atoms with van der Waals surface area (Å²) in [6, 6.07) is 14.0. The van der Waals surface area contributed by atoms with Gasteiger partial charge in [0.05, 0.1) is 21.9 Å². The Bertz CT molecular complexity index is 2870. The smallest absolute Gasteiger partial charge is 0.337 e. The molecule has 15 nitrogen and oxygen atoms in total. The molecule has 0 radical (unpaired) electrons. The number of aromatic carboxylic acids is 1. The number of aromatic hydroxyl groups is 2. The zero-order valence-corrected chi connectivity index (χ0v) is 39.8. The normalized spacial score (nSPS) is 12.6. The van der Waals surface area contributed by atoms with E-state index in [-0.39, 0.29) is 91.5 Å². The first kappa shape index (κ1) is 50.0. The molecule has 0 spiro atoms. The van der Waals surface area contributed by atoms with Crippen LogP contribution in [-0.4, -0.2) is 49.8 Å². The predicted octanol–water partition coefficient (Wildman–Crippen LogP) is 7.10. The number of carboxylic acids is 1. The minimum atomic E-state index is -1.53. The average Bonchev–Trinajstić information content (AvgIpc) is 3.25. The third-order valence-corrected chi connectivity index (χ3v) is 11.4. The van der Waals surface area contributed by atoms with Gasteiger partial charge in [0, 0.05) is 18.4 Å². The molecule has 66 heavy (non-hydrogen) atoms. The highest BCUT2D eigenvalue weighted by Gasteiger charge is 2.29. The van der Waals surface area contributed by atoms with Gasteiger partial charge in [-0.25, -0.2) is 10.2 Å². The summed E-state index contributed by atoms with van der Waals surface area (Å²) in [5.74, 6) is -3.71. The van der Waals surface area contributed by atoms with Crippen LogP contribution in [-0.2, 0) is 44.1 Å². The van der Waals surface area contributed by atoms with Crippen molar-refractivity contribution in [2.75, 3.05) is 0 Å². The van der Waals surface area contributed by atoms with Crippen molar-refractivity contribution >= 4 is 51.1 Å². The molecule has 0 aliphatic heterocycles. The monoisotopic (exact) mass is 902 g/mol. The second kappa shape index (κ2) is 18.5. The number of aromatic amines is 1. The number of nitrogens with two attached hydrogens (primary N) is 1. The van der Waals surface area contributed by atoms with Gasteiger partial charge < -0.3 is 21.1 Å². The van der Waals surface area contributed by atoms with Crippen LogP contribution in [0.25, 0.3) is 21.5 Å². The number of amides is 3. The van der Waals surface area contributed by atoms with E-state index in [4.69, 9.17) is 5.73 Å². The molecule has 0 atom stereocenters. The number of phenols is 2. The van der Waals surface area contributed by atoms with Crippen LogP contribution in [0.1, 0.15) is 156 Å². The second-order valence-electron chi connectivity index (χ2n) is 20.9. The number of aromatic nitrogens is 1. The third-order valence-electron chi connectivity index (χ3n) is 11.4. The van der Waals surface area contributed by atoms with E-state index in [1.54, 1.807) is 0 Å². The maximum absolute atomic E-state index is 13.7. The highest BCUT2D eigenvalue weighted by Crippen LogP contribution is 2.41. The minimum Gasteiger partial charge on any atom is -0.507 e. The lowest BCUT2D eigenvalue weighted by molar-refractivity contribution is -0.122. The molecule has 0 saturated heterocycles. The molecule has 9 N–H and O–H groups in total. The number of carbonyl (C=O) groups excluding carboxylic acids is 3. The zero-order valence-electron chi connectivity index (χ0n) is 39.8. The first-order valence-corrected chi connectivity index (χ1v) is 21.8. The number of benzene rings is 4. The molecule has 4 aromatic heterocycles. The molecule has 4 bridgehead atoms. The van der Waals surface area contributed by atoms with Crippen molar-refractivity contribution in [2.45, 2.75) is 130 Å². The predicted molar refractivity (Wildman–Crippen MR) is 257 cm³/mol. The molecule has 0 saturated carbocycles. The lowest BCUT2D eigenvalue weighted by Gasteiger charge is -2.28. The van der Waals surface area contributed by atoms with Gasteiger partial charge in [-0.3, -0.25) is 39.8 Å². The van der Waals surface area contributed by atoms with Crippen LogP contribution >= 0.6 is 0 Å². The molecule has 8 rings (SSSR count). The summed E-state index contributed by atoms with van der Waals surface area (Å²) in [5, 5.41) is 36.3. The van der Waals surface area contributed by atoms with Crippen molar-refractivity contribution in [2.24, 2.45) is 10.8 Å². The number of hydrogen-bond acceptors (Lipinski definition) is 9. The number of carboxylic acid groups (broad SMARTS) is 1. The van der Waals surface area contributed by atoms with E-state index in [0.29, 0.717) is 0 Å². The molecule has 4 aromatic carbocycles. The molecule has 350 valence electrons. The fourth-order valence-corrected chi connectivity index (χ4v) is 7.83. The number of hydrazone groups is 1. The van der Waals surface area contributed by atoms with Crippen molar-refractivity contribution in [3.05, 3.63) is 125 Å². The summed E-state index contributed by atoms with van der Waals surface area (Å²) >= 11 is 0. The van der Waals surface area contributed by atoms with E-state index in [9.17, 15) is 44.1 Å². The lowest BCUT2D eigenvalue weighted by atomic mass is 9.78. The maximum Gasteiger partial charge on any atom is 0.337 e. The quantitative estimate of drug-likeness (QED) is 0.0401. The first-order valence-electron chi connectivity index (χ1n) is 21.8. The number of carbonyl (C=O) groups is 4. The number of rotatable bonds is 10. The van der Waals surface area contributed by atoms with Gasteiger partial charge in [-0.1, -0.05) is 119 Å². The number of phenolic OH excluding ortho intramolecular Hbond substituents is 2. The van der Waals surface area contributed by atoms with Crippen molar-refractivity contribution in [1.29, 1.82) is 0 Å². The summed E-state index contributed by atoms with van der Waals surface area (Å²) in [5.41, 5.74) is 13.2. The van der Waals surface area contributed by atoms with Crippen molar-refractivity contribution in [3.63, 3.8) is 0 Å². The zero-order chi connectivity index (χ0) is 49.4. The van der Waals surface area contributed by atoms with Gasteiger partial charge in [0.2, 0.25) is 11.8 Å². The fraction of sp³-hybridized carbons (Fsp3) is 0.392. The first-order chi connectivity index (χ1) is 30.4. The van der Waals surface area contributed by atoms with Gasteiger partial charge in [-0.15, -0.1) is 0 Å². The Morgan fingerprint density at radius 1 is 0.591 bits per heavy atom. The second-order valence-corrected chi connectivity index (χ2v) is 20.9. The summed E-state index contributed by atoms with van der Waals surface area (Å²) in [7, 11) is 0. The minimum absolute atomic E-state index is 0.00676. The van der Waals surface area contributed by atoms with Gasteiger partial charge >= 0.3 is 5.97 Å². The number of hydrogen-bond donors (Lipinski definition) is 8. The van der Waals surface area contributed by atoms with Crippen LogP contribution in [0.3, 0.4) is 0 Å². The molecular weight excluding hydrogens is 841 g/mol. The highest BCUT2D eigenvalue weighted by molar-refractivity contribution is 6.18. The van der Waals surface area contributed by atoms with Gasteiger partial charge in [-0.05, 0) is 96.9 Å². The Balaban J connectivity index is 1.44. The number of nitrogens with zero attached hydrogens (tertiary/aromatic N) is 1. The molecule has 0 aliphatic carbocycles. The number of nitrogens with one attached hydrogen (secondary N) is 4. The van der Waals surface area contributed by atoms with Crippen LogP contribution in [0.2, 0.25) is 0 Å². The van der Waals surface area contributed by atoms with Gasteiger partial charge in [0.1, 0.15) is 11.5 Å². The van der Waals surface area contributed by atoms with E-state index in [1.165, 1.54) is 30.3 Å². The number of hydrazine groups is 1. The molecule has 15 heteroatoms. The van der Waals surface area contributed by atoms with Gasteiger partial charge in [0.25, 0.3) is 17.0 Å². The molecule has 0 fully saturated rings. The van der Waals surface area contributed by atoms with E-state index in [0.717, 1.165) is 33.4 Å². The Hall–Kier alpha value is -7.03. The molecule has 8 aromatic rings. The Kier molecular flexibility index (Phi) is 14.0. The average molecular weight is 903 g/mol. The lowest BCUT2D eigenvalue weighted by Crippen LogP contribution is -2.42. The van der Waals surface area contributed by atoms with E-state index in [2.05, 4.69) is 26.4 Å². The number of amidine groups is 1. The van der Waals surface area contributed by atoms with Crippen LogP contribution < -0.4 is 33.1 Å². The van der Waals surface area contributed by atoms with Gasteiger partial charge in [-0.2, -0.15) is 5.10 Å². The van der Waals surface area contributed by atoms with Crippen LogP contribution in [0, 0.1) is 0 Å². The maximum atomic E-state index is 13.7. The molecule has 3 amide bonds. The largest absolute Gasteiger partial charge is 0.507 e. The summed E-state index contributed by atoms with van der Waals surface area (Å²) < 4.78 is 0. The van der Waals surface area contributed by atoms with Crippen molar-refractivity contribution < 1.29 is 34.5 Å². The molecule has 0 aliphatic rings. The topological polar surface area (TPSA) is 253 Å². The van der Waals surface area contributed by atoms with Gasteiger partial charge in [0.15, 0.2) is 5.84 Å². The Morgan fingerprint density at radius 2 is 1.02 bits per heavy atom. The van der Waals surface area contributed by atoms with E-state index in [1.807, 2.05) is 107 Å². The van der Waals surface area contributed by atoms with Crippen LogP contribution in [0.15, 0.2) is 69.3 Å². The third kappa shape index (κ3) is 11.1. The summed E-state index contributed by atoms with van der Waals surface area (Å²) in [6.07, 6.45) is 0.442. The summed E-state index contributed by atoms with van der Waals surface area (Å²) in [4.78, 5) is 82.6. The number of aryl methyl sites for hydroxylation is 2. The van der Waals surface area contributed by atoms with Crippen LogP contribution in [0.4, 0.5) is 0 Å². The number of H-pyrrole nitrogens is 1. The fourth-order valence-electron chi connectivity index (χ4n) is 7.83. The van der Waals surface area contributed by atoms with Crippen molar-refractivity contribution in [1.82, 2.24) is 21.3 Å².